The van der Waals surface area contributed by atoms with Crippen molar-refractivity contribution in [2.75, 3.05) is 46.3 Å². The minimum atomic E-state index is 0. The van der Waals surface area contributed by atoms with E-state index in [2.05, 4.69) is 32.8 Å². The SMILES string of the molecule is CN=C(NCCCN1CCC(C)CC1)NCCNC(=O)CC1CCCCC1.I. The van der Waals surface area contributed by atoms with Gasteiger partial charge in [-0.3, -0.25) is 9.79 Å². The Morgan fingerprint density at radius 2 is 1.61 bits per heavy atom. The number of nitrogens with one attached hydrogen (secondary N) is 3. The summed E-state index contributed by atoms with van der Waals surface area (Å²) in [5.41, 5.74) is 0. The lowest BCUT2D eigenvalue weighted by atomic mass is 9.87. The Kier molecular flexibility index (Phi) is 13.9. The third kappa shape index (κ3) is 10.8. The van der Waals surface area contributed by atoms with Gasteiger partial charge >= 0.3 is 0 Å². The monoisotopic (exact) mass is 507 g/mol. The number of carbonyl (C=O) groups excluding carboxylic acids is 1. The minimum Gasteiger partial charge on any atom is -0.356 e. The van der Waals surface area contributed by atoms with Crippen LogP contribution >= 0.6 is 24.0 Å². The zero-order chi connectivity index (χ0) is 19.3. The van der Waals surface area contributed by atoms with E-state index in [1.165, 1.54) is 58.0 Å². The summed E-state index contributed by atoms with van der Waals surface area (Å²) in [5.74, 6) is 2.51. The van der Waals surface area contributed by atoms with Crippen molar-refractivity contribution in [1.29, 1.82) is 0 Å². The van der Waals surface area contributed by atoms with E-state index in [-0.39, 0.29) is 29.9 Å². The number of halogens is 1. The standard InChI is InChI=1S/C21H41N5O.HI/c1-18-9-15-26(16-10-18)14-6-11-24-21(22-2)25-13-12-23-20(27)17-19-7-4-3-5-8-19;/h18-19H,3-17H2,1-2H3,(H,23,27)(H2,22,24,25);1H. The van der Waals surface area contributed by atoms with Gasteiger partial charge in [0.2, 0.25) is 5.91 Å². The Bertz CT molecular complexity index is 446. The normalized spacial score (nSPS) is 19.7. The fourth-order valence-electron chi connectivity index (χ4n) is 4.12. The topological polar surface area (TPSA) is 68.8 Å². The predicted octanol–water partition coefficient (Wildman–Crippen LogP) is 2.98. The number of aliphatic imine (C=N–C) groups is 1. The van der Waals surface area contributed by atoms with Gasteiger partial charge in [0.1, 0.15) is 0 Å². The smallest absolute Gasteiger partial charge is 0.220 e. The van der Waals surface area contributed by atoms with E-state index in [0.717, 1.165) is 31.4 Å². The van der Waals surface area contributed by atoms with Gasteiger partial charge in [-0.15, -0.1) is 24.0 Å². The summed E-state index contributed by atoms with van der Waals surface area (Å²) in [5, 5.41) is 9.69. The second-order valence-corrected chi connectivity index (χ2v) is 8.36. The van der Waals surface area contributed by atoms with Crippen LogP contribution in [-0.2, 0) is 4.79 Å². The molecule has 2 aliphatic rings. The maximum Gasteiger partial charge on any atom is 0.220 e. The molecule has 1 saturated carbocycles. The molecule has 2 rings (SSSR count). The predicted molar refractivity (Wildman–Crippen MR) is 128 cm³/mol. The third-order valence-corrected chi connectivity index (χ3v) is 5.98. The Morgan fingerprint density at radius 1 is 0.964 bits per heavy atom. The van der Waals surface area contributed by atoms with E-state index >= 15 is 0 Å². The summed E-state index contributed by atoms with van der Waals surface area (Å²) in [6.45, 7) is 8.29. The van der Waals surface area contributed by atoms with Crippen molar-refractivity contribution in [3.63, 3.8) is 0 Å². The van der Waals surface area contributed by atoms with Crippen molar-refractivity contribution in [3.8, 4) is 0 Å². The van der Waals surface area contributed by atoms with E-state index in [4.69, 9.17) is 0 Å². The van der Waals surface area contributed by atoms with Crippen LogP contribution in [0.15, 0.2) is 4.99 Å². The summed E-state index contributed by atoms with van der Waals surface area (Å²) >= 11 is 0. The highest BCUT2D eigenvalue weighted by Crippen LogP contribution is 2.25. The highest BCUT2D eigenvalue weighted by atomic mass is 127. The molecule has 0 radical (unpaired) electrons. The molecule has 1 aliphatic carbocycles. The Balaban J connectivity index is 0.00000392. The number of guanidine groups is 1. The van der Waals surface area contributed by atoms with Gasteiger partial charge in [0.25, 0.3) is 0 Å². The Morgan fingerprint density at radius 3 is 2.29 bits per heavy atom. The molecule has 28 heavy (non-hydrogen) atoms. The molecule has 1 heterocycles. The van der Waals surface area contributed by atoms with Crippen molar-refractivity contribution in [1.82, 2.24) is 20.9 Å². The number of hydrogen-bond acceptors (Lipinski definition) is 3. The fraction of sp³-hybridized carbons (Fsp3) is 0.905. The lowest BCUT2D eigenvalue weighted by Gasteiger charge is -2.30. The summed E-state index contributed by atoms with van der Waals surface area (Å²) in [4.78, 5) is 18.8. The van der Waals surface area contributed by atoms with Gasteiger partial charge in [0, 0.05) is 33.1 Å². The van der Waals surface area contributed by atoms with Crippen molar-refractivity contribution >= 4 is 35.8 Å². The summed E-state index contributed by atoms with van der Waals surface area (Å²) in [6, 6.07) is 0. The van der Waals surface area contributed by atoms with Gasteiger partial charge in [-0.2, -0.15) is 0 Å². The van der Waals surface area contributed by atoms with Crippen LogP contribution in [0.5, 0.6) is 0 Å². The number of amides is 1. The second-order valence-electron chi connectivity index (χ2n) is 8.36. The van der Waals surface area contributed by atoms with Gasteiger partial charge in [-0.25, -0.2) is 0 Å². The maximum absolute atomic E-state index is 12.0. The van der Waals surface area contributed by atoms with Crippen molar-refractivity contribution < 1.29 is 4.79 Å². The van der Waals surface area contributed by atoms with E-state index in [0.29, 0.717) is 25.4 Å². The van der Waals surface area contributed by atoms with Crippen LogP contribution in [-0.4, -0.2) is 63.1 Å². The van der Waals surface area contributed by atoms with Crippen LogP contribution in [0.1, 0.15) is 64.7 Å². The maximum atomic E-state index is 12.0. The molecule has 0 bridgehead atoms. The second kappa shape index (κ2) is 15.3. The molecule has 2 fully saturated rings. The molecule has 1 amide bonds. The first-order valence-electron chi connectivity index (χ1n) is 11.1. The lowest BCUT2D eigenvalue weighted by molar-refractivity contribution is -0.122. The van der Waals surface area contributed by atoms with Crippen LogP contribution in [0.3, 0.4) is 0 Å². The summed E-state index contributed by atoms with van der Waals surface area (Å²) < 4.78 is 0. The van der Waals surface area contributed by atoms with Crippen molar-refractivity contribution in [3.05, 3.63) is 0 Å². The van der Waals surface area contributed by atoms with Crippen LogP contribution in [0.4, 0.5) is 0 Å². The lowest BCUT2D eigenvalue weighted by Crippen LogP contribution is -2.42. The van der Waals surface area contributed by atoms with Gasteiger partial charge in [-0.05, 0) is 63.6 Å². The highest BCUT2D eigenvalue weighted by Gasteiger charge is 2.17. The van der Waals surface area contributed by atoms with Crippen LogP contribution in [0.2, 0.25) is 0 Å². The largest absolute Gasteiger partial charge is 0.356 e. The number of hydrogen-bond donors (Lipinski definition) is 3. The molecule has 7 heteroatoms. The fourth-order valence-corrected chi connectivity index (χ4v) is 4.12. The third-order valence-electron chi connectivity index (χ3n) is 5.98. The first-order valence-corrected chi connectivity index (χ1v) is 11.1. The molecule has 6 nitrogen and oxygen atoms in total. The molecule has 0 aromatic rings. The molecule has 0 spiro atoms. The van der Waals surface area contributed by atoms with Gasteiger partial charge in [0.05, 0.1) is 0 Å². The molecule has 0 atom stereocenters. The molecule has 164 valence electrons. The van der Waals surface area contributed by atoms with Gasteiger partial charge in [-0.1, -0.05) is 26.2 Å². The first kappa shape index (κ1) is 25.5. The van der Waals surface area contributed by atoms with Gasteiger partial charge in [0.15, 0.2) is 5.96 Å². The van der Waals surface area contributed by atoms with E-state index < -0.39 is 0 Å². The zero-order valence-electron chi connectivity index (χ0n) is 18.0. The average Bonchev–Trinajstić information content (AvgIpc) is 2.69. The van der Waals surface area contributed by atoms with E-state index in [1.54, 1.807) is 7.05 Å². The minimum absolute atomic E-state index is 0. The molecular formula is C21H42IN5O. The molecule has 1 saturated heterocycles. The number of piperidine rings is 1. The molecule has 3 N–H and O–H groups in total. The Hall–Kier alpha value is -0.570. The first-order chi connectivity index (χ1) is 13.2. The van der Waals surface area contributed by atoms with Crippen LogP contribution in [0.25, 0.3) is 0 Å². The van der Waals surface area contributed by atoms with E-state index in [1.807, 2.05) is 0 Å². The summed E-state index contributed by atoms with van der Waals surface area (Å²) in [6.07, 6.45) is 10.9. The molecule has 1 aliphatic heterocycles. The van der Waals surface area contributed by atoms with Crippen LogP contribution in [0, 0.1) is 11.8 Å². The van der Waals surface area contributed by atoms with Crippen molar-refractivity contribution in [2.45, 2.75) is 64.7 Å². The molecule has 0 unspecified atom stereocenters. The number of rotatable bonds is 9. The highest BCUT2D eigenvalue weighted by molar-refractivity contribution is 14.0. The zero-order valence-corrected chi connectivity index (χ0v) is 20.3. The summed E-state index contributed by atoms with van der Waals surface area (Å²) in [7, 11) is 1.79. The van der Waals surface area contributed by atoms with Crippen molar-refractivity contribution in [2.24, 2.45) is 16.8 Å². The average molecular weight is 508 g/mol. The number of carbonyl (C=O) groups is 1. The quantitative estimate of drug-likeness (QED) is 0.194. The molecule has 0 aromatic heterocycles. The number of nitrogens with zero attached hydrogens (tertiary/aromatic N) is 2. The van der Waals surface area contributed by atoms with E-state index in [9.17, 15) is 4.79 Å². The Labute approximate surface area is 189 Å². The van der Waals surface area contributed by atoms with Gasteiger partial charge < -0.3 is 20.9 Å². The number of likely N-dealkylation sites (tertiary alicyclic amines) is 1. The molecule has 0 aromatic carbocycles. The van der Waals surface area contributed by atoms with Crippen LogP contribution < -0.4 is 16.0 Å². The molecular weight excluding hydrogens is 465 g/mol.